The van der Waals surface area contributed by atoms with Crippen molar-refractivity contribution in [1.82, 2.24) is 5.32 Å². The van der Waals surface area contributed by atoms with Gasteiger partial charge in [-0.05, 0) is 38.5 Å². The predicted octanol–water partition coefficient (Wildman–Crippen LogP) is 2.65. The molecule has 0 aliphatic carbocycles. The molecule has 0 aromatic heterocycles. The third-order valence-electron chi connectivity index (χ3n) is 2.47. The Bertz CT molecular complexity index is 420. The molecule has 0 saturated carbocycles. The van der Waals surface area contributed by atoms with E-state index in [0.717, 1.165) is 0 Å². The fourth-order valence-electron chi connectivity index (χ4n) is 1.48. The first-order valence-electron chi connectivity index (χ1n) is 5.96. The van der Waals surface area contributed by atoms with Crippen molar-refractivity contribution in [2.24, 2.45) is 0 Å². The third-order valence-corrected chi connectivity index (χ3v) is 2.91. The van der Waals surface area contributed by atoms with Gasteiger partial charge in [-0.3, -0.25) is 4.79 Å². The number of benzene rings is 1. The van der Waals surface area contributed by atoms with Crippen LogP contribution in [0.4, 0.5) is 0 Å². The van der Waals surface area contributed by atoms with Gasteiger partial charge in [-0.15, -0.1) is 0 Å². The van der Waals surface area contributed by atoms with Crippen LogP contribution in [-0.4, -0.2) is 29.8 Å². The van der Waals surface area contributed by atoms with Crippen molar-refractivity contribution in [3.8, 4) is 5.75 Å². The minimum atomic E-state index is -0.671. The molecule has 0 heterocycles. The van der Waals surface area contributed by atoms with Crippen molar-refractivity contribution in [1.29, 1.82) is 0 Å². The Labute approximate surface area is 122 Å². The van der Waals surface area contributed by atoms with Gasteiger partial charge in [-0.25, -0.2) is 0 Å². The minimum Gasteiger partial charge on any atom is -0.481 e. The fourth-order valence-corrected chi connectivity index (χ4v) is 1.99. The van der Waals surface area contributed by atoms with E-state index in [-0.39, 0.29) is 18.6 Å². The summed E-state index contributed by atoms with van der Waals surface area (Å²) < 4.78 is 5.47. The van der Waals surface area contributed by atoms with E-state index in [2.05, 4.69) is 5.32 Å². The molecular formula is C13H17Cl2NO3. The van der Waals surface area contributed by atoms with Crippen LogP contribution in [0.2, 0.25) is 10.0 Å². The highest BCUT2D eigenvalue weighted by Gasteiger charge is 2.17. The van der Waals surface area contributed by atoms with Crippen LogP contribution in [-0.2, 0) is 4.79 Å². The van der Waals surface area contributed by atoms with Crippen molar-refractivity contribution < 1.29 is 14.6 Å². The Morgan fingerprint density at radius 1 is 1.32 bits per heavy atom. The number of aliphatic hydroxyl groups excluding tert-OH is 1. The standard InChI is InChI=1S/C13H17Cl2NO3/c1-8(3-4-17)16-13(18)9(2)19-12-6-10(14)5-11(15)7-12/h5-9,17H,3-4H2,1-2H3,(H,16,18)/t8-,9?/m1/s1. The van der Waals surface area contributed by atoms with E-state index in [0.29, 0.717) is 22.2 Å². The molecule has 1 aromatic rings. The fraction of sp³-hybridized carbons (Fsp3) is 0.462. The number of rotatable bonds is 6. The third kappa shape index (κ3) is 5.68. The molecule has 1 amide bonds. The molecule has 6 heteroatoms. The average Bonchev–Trinajstić information content (AvgIpc) is 2.27. The molecular weight excluding hydrogens is 289 g/mol. The van der Waals surface area contributed by atoms with E-state index in [1.807, 2.05) is 6.92 Å². The Balaban J connectivity index is 2.58. The lowest BCUT2D eigenvalue weighted by molar-refractivity contribution is -0.127. The summed E-state index contributed by atoms with van der Waals surface area (Å²) in [5.74, 6) is 0.187. The van der Waals surface area contributed by atoms with E-state index in [9.17, 15) is 4.79 Å². The summed E-state index contributed by atoms with van der Waals surface area (Å²) in [5, 5.41) is 12.4. The molecule has 0 fully saturated rings. The van der Waals surface area contributed by atoms with Crippen molar-refractivity contribution in [2.75, 3.05) is 6.61 Å². The van der Waals surface area contributed by atoms with Crippen molar-refractivity contribution in [3.05, 3.63) is 28.2 Å². The largest absolute Gasteiger partial charge is 0.481 e. The Hall–Kier alpha value is -0.970. The van der Waals surface area contributed by atoms with Gasteiger partial charge < -0.3 is 15.2 Å². The van der Waals surface area contributed by atoms with Crippen LogP contribution >= 0.6 is 23.2 Å². The molecule has 2 atom stereocenters. The van der Waals surface area contributed by atoms with Gasteiger partial charge in [-0.1, -0.05) is 23.2 Å². The summed E-state index contributed by atoms with van der Waals surface area (Å²) >= 11 is 11.7. The first kappa shape index (κ1) is 16.1. The van der Waals surface area contributed by atoms with E-state index in [4.69, 9.17) is 33.0 Å². The van der Waals surface area contributed by atoms with Crippen molar-refractivity contribution in [3.63, 3.8) is 0 Å². The van der Waals surface area contributed by atoms with Crippen LogP contribution in [0.5, 0.6) is 5.75 Å². The molecule has 2 N–H and O–H groups in total. The molecule has 0 aliphatic heterocycles. The first-order valence-corrected chi connectivity index (χ1v) is 6.72. The number of halogens is 2. The molecule has 4 nitrogen and oxygen atoms in total. The van der Waals surface area contributed by atoms with E-state index in [1.54, 1.807) is 25.1 Å². The highest BCUT2D eigenvalue weighted by Crippen LogP contribution is 2.24. The number of nitrogens with one attached hydrogen (secondary N) is 1. The van der Waals surface area contributed by atoms with Crippen LogP contribution in [0, 0.1) is 0 Å². The zero-order valence-electron chi connectivity index (χ0n) is 10.8. The summed E-state index contributed by atoms with van der Waals surface area (Å²) in [6.07, 6.45) is -0.169. The highest BCUT2D eigenvalue weighted by molar-refractivity contribution is 6.34. The smallest absolute Gasteiger partial charge is 0.260 e. The van der Waals surface area contributed by atoms with Gasteiger partial charge in [0.1, 0.15) is 5.75 Å². The summed E-state index contributed by atoms with van der Waals surface area (Å²) in [6.45, 7) is 3.48. The Morgan fingerprint density at radius 3 is 2.42 bits per heavy atom. The predicted molar refractivity (Wildman–Crippen MR) is 75.9 cm³/mol. The minimum absolute atomic E-state index is 0.0284. The second-order valence-corrected chi connectivity index (χ2v) is 5.16. The Kier molecular flexibility index (Phi) is 6.42. The zero-order valence-corrected chi connectivity index (χ0v) is 12.3. The number of amides is 1. The van der Waals surface area contributed by atoms with Gasteiger partial charge in [0.25, 0.3) is 5.91 Å². The quantitative estimate of drug-likeness (QED) is 0.849. The van der Waals surface area contributed by atoms with Gasteiger partial charge in [0, 0.05) is 22.7 Å². The number of hydrogen-bond acceptors (Lipinski definition) is 3. The molecule has 106 valence electrons. The molecule has 0 saturated heterocycles. The maximum Gasteiger partial charge on any atom is 0.260 e. The maximum absolute atomic E-state index is 11.8. The molecule has 19 heavy (non-hydrogen) atoms. The summed E-state index contributed by atoms with van der Waals surface area (Å²) in [7, 11) is 0. The van der Waals surface area contributed by atoms with Crippen molar-refractivity contribution >= 4 is 29.1 Å². The van der Waals surface area contributed by atoms with E-state index >= 15 is 0 Å². The number of carbonyl (C=O) groups is 1. The maximum atomic E-state index is 11.8. The number of carbonyl (C=O) groups excluding carboxylic acids is 1. The van der Waals surface area contributed by atoms with Crippen LogP contribution in [0.3, 0.4) is 0 Å². The van der Waals surface area contributed by atoms with Crippen LogP contribution < -0.4 is 10.1 Å². The van der Waals surface area contributed by atoms with Crippen LogP contribution in [0.1, 0.15) is 20.3 Å². The normalized spacial score (nSPS) is 13.7. The topological polar surface area (TPSA) is 58.6 Å². The molecule has 0 spiro atoms. The van der Waals surface area contributed by atoms with Gasteiger partial charge in [0.2, 0.25) is 0 Å². The lowest BCUT2D eigenvalue weighted by Gasteiger charge is -2.18. The SMILES string of the molecule is CC(Oc1cc(Cl)cc(Cl)c1)C(=O)N[C@H](C)CCO. The number of ether oxygens (including phenoxy) is 1. The number of hydrogen-bond donors (Lipinski definition) is 2. The summed E-state index contributed by atoms with van der Waals surface area (Å²) in [4.78, 5) is 11.8. The van der Waals surface area contributed by atoms with Gasteiger partial charge in [-0.2, -0.15) is 0 Å². The summed E-state index contributed by atoms with van der Waals surface area (Å²) in [6, 6.07) is 4.67. The molecule has 1 aromatic carbocycles. The van der Waals surface area contributed by atoms with Crippen LogP contribution in [0.15, 0.2) is 18.2 Å². The first-order chi connectivity index (χ1) is 8.92. The lowest BCUT2D eigenvalue weighted by atomic mass is 10.2. The van der Waals surface area contributed by atoms with E-state index in [1.165, 1.54) is 0 Å². The van der Waals surface area contributed by atoms with Crippen molar-refractivity contribution in [2.45, 2.75) is 32.4 Å². The molecule has 1 unspecified atom stereocenters. The zero-order chi connectivity index (χ0) is 14.4. The highest BCUT2D eigenvalue weighted by atomic mass is 35.5. The molecule has 0 bridgehead atoms. The van der Waals surface area contributed by atoms with E-state index < -0.39 is 6.10 Å². The van der Waals surface area contributed by atoms with Gasteiger partial charge >= 0.3 is 0 Å². The van der Waals surface area contributed by atoms with Gasteiger partial charge in [0.15, 0.2) is 6.10 Å². The van der Waals surface area contributed by atoms with Crippen LogP contribution in [0.25, 0.3) is 0 Å². The monoisotopic (exact) mass is 305 g/mol. The molecule has 0 radical (unpaired) electrons. The Morgan fingerprint density at radius 2 is 1.89 bits per heavy atom. The molecule has 1 rings (SSSR count). The average molecular weight is 306 g/mol. The second-order valence-electron chi connectivity index (χ2n) is 4.29. The number of aliphatic hydroxyl groups is 1. The lowest BCUT2D eigenvalue weighted by Crippen LogP contribution is -2.41. The second kappa shape index (κ2) is 7.58. The summed E-state index contributed by atoms with van der Waals surface area (Å²) in [5.41, 5.74) is 0. The molecule has 0 aliphatic rings. The van der Waals surface area contributed by atoms with Gasteiger partial charge in [0.05, 0.1) is 0 Å².